The quantitative estimate of drug-likeness (QED) is 0.781. The number of aryl methyl sites for hydroxylation is 2. The first kappa shape index (κ1) is 16.7. The molecular formula is C16H23N3O2S. The van der Waals surface area contributed by atoms with Gasteiger partial charge in [0.05, 0.1) is 5.69 Å². The van der Waals surface area contributed by atoms with Crippen LogP contribution in [0.15, 0.2) is 23.6 Å². The van der Waals surface area contributed by atoms with E-state index in [9.17, 15) is 9.90 Å². The molecule has 6 heteroatoms. The van der Waals surface area contributed by atoms with Crippen LogP contribution in [0, 0.1) is 5.92 Å². The molecule has 0 saturated heterocycles. The fourth-order valence-electron chi connectivity index (χ4n) is 2.36. The lowest BCUT2D eigenvalue weighted by molar-refractivity contribution is 0.0930. The Morgan fingerprint density at radius 3 is 3.00 bits per heavy atom. The molecule has 0 saturated carbocycles. The van der Waals surface area contributed by atoms with Crippen molar-refractivity contribution < 1.29 is 9.90 Å². The van der Waals surface area contributed by atoms with Crippen LogP contribution in [0.1, 0.15) is 34.4 Å². The average Bonchev–Trinajstić information content (AvgIpc) is 3.13. The Balaban J connectivity index is 1.90. The van der Waals surface area contributed by atoms with E-state index in [0.717, 1.165) is 25.0 Å². The Hall–Kier alpha value is -1.66. The molecule has 2 aromatic rings. The Labute approximate surface area is 135 Å². The third-order valence-electron chi connectivity index (χ3n) is 3.55. The first-order chi connectivity index (χ1) is 10.6. The van der Waals surface area contributed by atoms with Gasteiger partial charge in [-0.25, -0.2) is 0 Å². The third kappa shape index (κ3) is 4.42. The first-order valence-corrected chi connectivity index (χ1v) is 8.46. The van der Waals surface area contributed by atoms with Crippen LogP contribution in [0.5, 0.6) is 0 Å². The van der Waals surface area contributed by atoms with Crippen LogP contribution in [-0.2, 0) is 19.9 Å². The van der Waals surface area contributed by atoms with Crippen LogP contribution in [0.3, 0.4) is 0 Å². The van der Waals surface area contributed by atoms with Crippen LogP contribution in [0.25, 0.3) is 0 Å². The summed E-state index contributed by atoms with van der Waals surface area (Å²) in [6.07, 6.45) is 2.66. The average molecular weight is 321 g/mol. The number of aromatic nitrogens is 2. The summed E-state index contributed by atoms with van der Waals surface area (Å²) in [5.74, 6) is -0.104. The minimum absolute atomic E-state index is 0.0333. The molecule has 0 radical (unpaired) electrons. The van der Waals surface area contributed by atoms with E-state index in [4.69, 9.17) is 0 Å². The van der Waals surface area contributed by atoms with Crippen molar-refractivity contribution in [2.75, 3.05) is 13.2 Å². The number of carbonyl (C=O) groups excluding carboxylic acids is 1. The number of aliphatic hydroxyl groups excluding tert-OH is 1. The number of nitrogens with zero attached hydrogens (tertiary/aromatic N) is 2. The number of thiophene rings is 1. The van der Waals surface area contributed by atoms with E-state index in [-0.39, 0.29) is 18.4 Å². The molecule has 0 fully saturated rings. The van der Waals surface area contributed by atoms with Gasteiger partial charge in [0, 0.05) is 31.0 Å². The molecule has 0 aromatic carbocycles. The van der Waals surface area contributed by atoms with Gasteiger partial charge in [-0.2, -0.15) is 5.10 Å². The molecular weight excluding hydrogens is 298 g/mol. The lowest BCUT2D eigenvalue weighted by Gasteiger charge is -2.14. The van der Waals surface area contributed by atoms with Gasteiger partial charge >= 0.3 is 0 Å². The van der Waals surface area contributed by atoms with Gasteiger partial charge in [-0.15, -0.1) is 11.3 Å². The standard InChI is InChI=1S/C16H23N3O2S/c1-3-5-13-9-15(19(2)18-13)16(21)17-10-12(11-20)8-14-6-4-7-22-14/h4,6-7,9,12,20H,3,5,8,10-11H2,1-2H3,(H,17,21)/t12-/m1/s1. The van der Waals surface area contributed by atoms with Crippen molar-refractivity contribution >= 4 is 17.2 Å². The highest BCUT2D eigenvalue weighted by molar-refractivity contribution is 7.09. The summed E-state index contributed by atoms with van der Waals surface area (Å²) < 4.78 is 1.62. The zero-order chi connectivity index (χ0) is 15.9. The molecule has 2 rings (SSSR count). The van der Waals surface area contributed by atoms with Crippen LogP contribution in [0.4, 0.5) is 0 Å². The molecule has 0 aliphatic rings. The number of aliphatic hydroxyl groups is 1. The molecule has 2 aromatic heterocycles. The van der Waals surface area contributed by atoms with Crippen molar-refractivity contribution in [1.82, 2.24) is 15.1 Å². The van der Waals surface area contributed by atoms with Gasteiger partial charge < -0.3 is 10.4 Å². The van der Waals surface area contributed by atoms with E-state index in [0.29, 0.717) is 12.2 Å². The van der Waals surface area contributed by atoms with Crippen LogP contribution in [0.2, 0.25) is 0 Å². The maximum atomic E-state index is 12.3. The topological polar surface area (TPSA) is 67.2 Å². The van der Waals surface area contributed by atoms with Gasteiger partial charge in [0.25, 0.3) is 5.91 Å². The molecule has 0 aliphatic heterocycles. The molecule has 0 aliphatic carbocycles. The Morgan fingerprint density at radius 2 is 2.36 bits per heavy atom. The molecule has 2 heterocycles. The SMILES string of the molecule is CCCc1cc(C(=O)NC[C@H](CO)Cc2cccs2)n(C)n1. The van der Waals surface area contributed by atoms with Crippen LogP contribution in [-0.4, -0.2) is 33.9 Å². The van der Waals surface area contributed by atoms with Crippen molar-refractivity contribution in [3.05, 3.63) is 39.8 Å². The summed E-state index contributed by atoms with van der Waals surface area (Å²) in [6.45, 7) is 2.61. The lowest BCUT2D eigenvalue weighted by atomic mass is 10.1. The lowest BCUT2D eigenvalue weighted by Crippen LogP contribution is -2.32. The van der Waals surface area contributed by atoms with E-state index in [2.05, 4.69) is 17.3 Å². The second-order valence-corrected chi connectivity index (χ2v) is 6.47. The van der Waals surface area contributed by atoms with Crippen molar-refractivity contribution in [2.24, 2.45) is 13.0 Å². The minimum atomic E-state index is -0.137. The number of carbonyl (C=O) groups is 1. The van der Waals surface area contributed by atoms with Crippen molar-refractivity contribution in [1.29, 1.82) is 0 Å². The highest BCUT2D eigenvalue weighted by Gasteiger charge is 2.15. The zero-order valence-corrected chi connectivity index (χ0v) is 13.9. The molecule has 0 spiro atoms. The van der Waals surface area contributed by atoms with Gasteiger partial charge in [-0.1, -0.05) is 19.4 Å². The smallest absolute Gasteiger partial charge is 0.269 e. The summed E-state index contributed by atoms with van der Waals surface area (Å²) in [4.78, 5) is 13.5. The summed E-state index contributed by atoms with van der Waals surface area (Å²) >= 11 is 1.67. The molecule has 2 N–H and O–H groups in total. The molecule has 120 valence electrons. The van der Waals surface area contributed by atoms with Gasteiger partial charge in [0.15, 0.2) is 0 Å². The summed E-state index contributed by atoms with van der Waals surface area (Å²) in [6, 6.07) is 5.89. The maximum Gasteiger partial charge on any atom is 0.269 e. The summed E-state index contributed by atoms with van der Waals surface area (Å²) in [5.41, 5.74) is 1.50. The van der Waals surface area contributed by atoms with Crippen molar-refractivity contribution in [3.8, 4) is 0 Å². The Morgan fingerprint density at radius 1 is 1.55 bits per heavy atom. The third-order valence-corrected chi connectivity index (χ3v) is 4.45. The number of rotatable bonds is 8. The van der Waals surface area contributed by atoms with Gasteiger partial charge in [-0.05, 0) is 30.4 Å². The predicted octanol–water partition coefficient (Wildman–Crippen LogP) is 2.02. The van der Waals surface area contributed by atoms with Crippen LogP contribution >= 0.6 is 11.3 Å². The summed E-state index contributed by atoms with van der Waals surface area (Å²) in [5, 5.41) is 18.7. The molecule has 5 nitrogen and oxygen atoms in total. The van der Waals surface area contributed by atoms with Gasteiger partial charge in [-0.3, -0.25) is 9.48 Å². The van der Waals surface area contributed by atoms with Gasteiger partial charge in [0.2, 0.25) is 0 Å². The molecule has 1 amide bonds. The summed E-state index contributed by atoms with van der Waals surface area (Å²) in [7, 11) is 1.78. The van der Waals surface area contributed by atoms with Crippen molar-refractivity contribution in [2.45, 2.75) is 26.2 Å². The van der Waals surface area contributed by atoms with Crippen molar-refractivity contribution in [3.63, 3.8) is 0 Å². The number of amides is 1. The zero-order valence-electron chi connectivity index (χ0n) is 13.1. The van der Waals surface area contributed by atoms with E-state index in [1.165, 1.54) is 4.88 Å². The highest BCUT2D eigenvalue weighted by atomic mass is 32.1. The second kappa shape index (κ2) is 8.10. The second-order valence-electron chi connectivity index (χ2n) is 5.44. The molecule has 0 bridgehead atoms. The minimum Gasteiger partial charge on any atom is -0.396 e. The first-order valence-electron chi connectivity index (χ1n) is 7.58. The van der Waals surface area contributed by atoms with Crippen LogP contribution < -0.4 is 5.32 Å². The Bertz CT molecular complexity index is 593. The molecule has 1 atom stereocenters. The monoisotopic (exact) mass is 321 g/mol. The van der Waals surface area contributed by atoms with E-state index < -0.39 is 0 Å². The number of hydrogen-bond acceptors (Lipinski definition) is 4. The largest absolute Gasteiger partial charge is 0.396 e. The molecule has 0 unspecified atom stereocenters. The van der Waals surface area contributed by atoms with E-state index in [1.807, 2.05) is 23.6 Å². The fourth-order valence-corrected chi connectivity index (χ4v) is 3.18. The Kier molecular flexibility index (Phi) is 6.15. The van der Waals surface area contributed by atoms with Gasteiger partial charge in [0.1, 0.15) is 5.69 Å². The number of nitrogens with one attached hydrogen (secondary N) is 1. The normalized spacial score (nSPS) is 12.3. The number of hydrogen-bond donors (Lipinski definition) is 2. The molecule has 22 heavy (non-hydrogen) atoms. The fraction of sp³-hybridized carbons (Fsp3) is 0.500. The maximum absolute atomic E-state index is 12.3. The van der Waals surface area contributed by atoms with E-state index >= 15 is 0 Å². The highest BCUT2D eigenvalue weighted by Crippen LogP contribution is 2.14. The predicted molar refractivity (Wildman–Crippen MR) is 88.1 cm³/mol. The van der Waals surface area contributed by atoms with E-state index in [1.54, 1.807) is 23.1 Å².